The number of carboxylic acids is 1. The lowest BCUT2D eigenvalue weighted by atomic mass is 9.80. The molecule has 1 saturated carbocycles. The van der Waals surface area contributed by atoms with E-state index in [1.165, 1.54) is 18.9 Å². The summed E-state index contributed by atoms with van der Waals surface area (Å²) >= 11 is 0. The molecule has 37 heavy (non-hydrogen) atoms. The van der Waals surface area contributed by atoms with Gasteiger partial charge >= 0.3 is 5.97 Å². The number of likely N-dealkylation sites (tertiary alicyclic amines) is 1. The van der Waals surface area contributed by atoms with E-state index in [1.807, 2.05) is 12.1 Å². The molecular weight excluding hydrogens is 472 g/mol. The number of aromatic nitrogens is 1. The van der Waals surface area contributed by atoms with Crippen LogP contribution in [0.5, 0.6) is 0 Å². The molecule has 2 atom stereocenters. The largest absolute Gasteiger partial charge is 0.478 e. The molecule has 196 valence electrons. The van der Waals surface area contributed by atoms with Crippen LogP contribution < -0.4 is 0 Å². The van der Waals surface area contributed by atoms with Gasteiger partial charge in [-0.3, -0.25) is 4.90 Å². The molecule has 1 saturated heterocycles. The molecule has 5 nitrogen and oxygen atoms in total. The van der Waals surface area contributed by atoms with Gasteiger partial charge < -0.3 is 14.6 Å². The molecular formula is C30H35F2N3O2. The zero-order valence-corrected chi connectivity index (χ0v) is 21.3. The van der Waals surface area contributed by atoms with Gasteiger partial charge in [-0.2, -0.15) is 0 Å². The maximum atomic E-state index is 15.5. The van der Waals surface area contributed by atoms with Crippen molar-refractivity contribution in [1.29, 1.82) is 0 Å². The maximum absolute atomic E-state index is 15.5. The molecule has 0 amide bonds. The number of hydrogen-bond donors (Lipinski definition) is 1. The number of halogens is 2. The minimum absolute atomic E-state index is 0.229. The number of aromatic carboxylic acids is 1. The van der Waals surface area contributed by atoms with Gasteiger partial charge in [-0.25, -0.2) is 13.6 Å². The van der Waals surface area contributed by atoms with Gasteiger partial charge in [0.05, 0.1) is 11.3 Å². The second-order valence-electron chi connectivity index (χ2n) is 11.0. The Labute approximate surface area is 216 Å². The van der Waals surface area contributed by atoms with Crippen molar-refractivity contribution in [1.82, 2.24) is 14.4 Å². The Morgan fingerprint density at radius 1 is 0.919 bits per heavy atom. The zero-order valence-electron chi connectivity index (χ0n) is 21.3. The summed E-state index contributed by atoms with van der Waals surface area (Å²) in [4.78, 5) is 16.7. The van der Waals surface area contributed by atoms with Gasteiger partial charge in [0.25, 0.3) is 0 Å². The fourth-order valence-electron chi connectivity index (χ4n) is 6.78. The molecule has 0 spiro atoms. The normalized spacial score (nSPS) is 23.0. The molecule has 7 heteroatoms. The van der Waals surface area contributed by atoms with Gasteiger partial charge in [0.1, 0.15) is 12.0 Å². The highest BCUT2D eigenvalue weighted by Gasteiger charge is 2.34. The van der Waals surface area contributed by atoms with Gasteiger partial charge in [0.15, 0.2) is 0 Å². The first-order chi connectivity index (χ1) is 18.0. The molecule has 2 aromatic carbocycles. The summed E-state index contributed by atoms with van der Waals surface area (Å²) in [5, 5.41) is 10.7. The van der Waals surface area contributed by atoms with Crippen molar-refractivity contribution in [3.63, 3.8) is 0 Å². The summed E-state index contributed by atoms with van der Waals surface area (Å²) in [5.74, 6) is -1.48. The molecule has 3 heterocycles. The van der Waals surface area contributed by atoms with Gasteiger partial charge in [-0.15, -0.1) is 0 Å². The quantitative estimate of drug-likeness (QED) is 0.457. The third-order valence-corrected chi connectivity index (χ3v) is 8.69. The Kier molecular flexibility index (Phi) is 6.76. The monoisotopic (exact) mass is 507 g/mol. The Morgan fingerprint density at radius 2 is 1.70 bits per heavy atom. The lowest BCUT2D eigenvalue weighted by Crippen LogP contribution is -2.36. The highest BCUT2D eigenvalue weighted by Crippen LogP contribution is 2.46. The first-order valence-corrected chi connectivity index (χ1v) is 13.8. The highest BCUT2D eigenvalue weighted by atomic mass is 19.1. The van der Waals surface area contributed by atoms with Crippen LogP contribution in [-0.2, 0) is 13.1 Å². The number of carboxylic acid groups (broad SMARTS) is 1. The van der Waals surface area contributed by atoms with E-state index in [9.17, 15) is 14.3 Å². The van der Waals surface area contributed by atoms with Crippen molar-refractivity contribution >= 4 is 16.9 Å². The van der Waals surface area contributed by atoms with Crippen molar-refractivity contribution in [2.45, 2.75) is 63.7 Å². The minimum atomic E-state index is -0.972. The van der Waals surface area contributed by atoms with Crippen molar-refractivity contribution in [2.24, 2.45) is 0 Å². The van der Waals surface area contributed by atoms with Gasteiger partial charge in [-0.1, -0.05) is 18.9 Å². The summed E-state index contributed by atoms with van der Waals surface area (Å²) < 4.78 is 32.2. The lowest BCUT2D eigenvalue weighted by molar-refractivity contribution is 0.0697. The van der Waals surface area contributed by atoms with Crippen LogP contribution in [0.4, 0.5) is 8.78 Å². The molecule has 3 aromatic rings. The Hall–Kier alpha value is -2.77. The maximum Gasteiger partial charge on any atom is 0.335 e. The van der Waals surface area contributed by atoms with E-state index in [0.29, 0.717) is 19.5 Å². The van der Waals surface area contributed by atoms with Crippen LogP contribution >= 0.6 is 0 Å². The fourth-order valence-corrected chi connectivity index (χ4v) is 6.78. The van der Waals surface area contributed by atoms with Crippen LogP contribution in [0.2, 0.25) is 0 Å². The van der Waals surface area contributed by atoms with E-state index in [0.717, 1.165) is 85.3 Å². The smallest absolute Gasteiger partial charge is 0.335 e. The number of nitrogens with zero attached hydrogens (tertiary/aromatic N) is 3. The standard InChI is InChI=1S/C30H35F2N3O2/c31-22-8-10-23-21(17-22)19-34(14-13-33-11-3-4-12-33)15-16-35-27-18-20(30(36)37)7-9-25(27)28(29(23)35)24-5-1-2-6-26(24)32/h7-10,17-18,24,26H,1-6,11-16,19H2,(H,36,37)/t24-,26-/m0/s1. The van der Waals surface area contributed by atoms with E-state index >= 15 is 4.39 Å². The van der Waals surface area contributed by atoms with Crippen molar-refractivity contribution in [3.05, 3.63) is 58.9 Å². The highest BCUT2D eigenvalue weighted by molar-refractivity contribution is 5.98. The topological polar surface area (TPSA) is 48.7 Å². The van der Waals surface area contributed by atoms with Crippen LogP contribution in [0.3, 0.4) is 0 Å². The van der Waals surface area contributed by atoms with Crippen molar-refractivity contribution in [2.75, 3.05) is 32.7 Å². The molecule has 1 aromatic heterocycles. The number of carbonyl (C=O) groups is 1. The van der Waals surface area contributed by atoms with Crippen LogP contribution in [0.25, 0.3) is 22.2 Å². The van der Waals surface area contributed by atoms with Crippen LogP contribution in [0.15, 0.2) is 36.4 Å². The number of hydrogen-bond acceptors (Lipinski definition) is 3. The van der Waals surface area contributed by atoms with E-state index in [2.05, 4.69) is 14.4 Å². The molecule has 3 aliphatic rings. The number of rotatable bonds is 5. The second kappa shape index (κ2) is 10.2. The predicted molar refractivity (Wildman–Crippen MR) is 141 cm³/mol. The summed E-state index contributed by atoms with van der Waals surface area (Å²) in [6, 6.07) is 10.2. The zero-order chi connectivity index (χ0) is 25.5. The van der Waals surface area contributed by atoms with Crippen LogP contribution in [0.1, 0.15) is 65.9 Å². The number of fused-ring (bicyclic) bond motifs is 5. The summed E-state index contributed by atoms with van der Waals surface area (Å²) in [7, 11) is 0. The van der Waals surface area contributed by atoms with E-state index < -0.39 is 12.1 Å². The van der Waals surface area contributed by atoms with Crippen LogP contribution in [-0.4, -0.2) is 64.3 Å². The average Bonchev–Trinajstić information content (AvgIpc) is 3.50. The Morgan fingerprint density at radius 3 is 2.49 bits per heavy atom. The lowest BCUT2D eigenvalue weighted by Gasteiger charge is -2.31. The molecule has 2 fully saturated rings. The summed E-state index contributed by atoms with van der Waals surface area (Å²) in [6.45, 7) is 6.25. The number of benzene rings is 2. The van der Waals surface area contributed by atoms with Gasteiger partial charge in [0, 0.05) is 55.1 Å². The van der Waals surface area contributed by atoms with Gasteiger partial charge in [0.2, 0.25) is 0 Å². The van der Waals surface area contributed by atoms with E-state index in [4.69, 9.17) is 0 Å². The van der Waals surface area contributed by atoms with Crippen molar-refractivity contribution in [3.8, 4) is 11.3 Å². The predicted octanol–water partition coefficient (Wildman–Crippen LogP) is 6.05. The van der Waals surface area contributed by atoms with E-state index in [-0.39, 0.29) is 17.3 Å². The Balaban J connectivity index is 1.50. The van der Waals surface area contributed by atoms with Gasteiger partial charge in [-0.05, 0) is 80.2 Å². The first-order valence-electron chi connectivity index (χ1n) is 13.8. The molecule has 1 N–H and O–H groups in total. The number of alkyl halides is 1. The summed E-state index contributed by atoms with van der Waals surface area (Å²) in [5.41, 5.74) is 4.83. The fraction of sp³-hybridized carbons (Fsp3) is 0.500. The van der Waals surface area contributed by atoms with Crippen LogP contribution in [0, 0.1) is 5.82 Å². The molecule has 0 radical (unpaired) electrons. The second-order valence-corrected chi connectivity index (χ2v) is 11.0. The third kappa shape index (κ3) is 4.68. The molecule has 0 unspecified atom stereocenters. The minimum Gasteiger partial charge on any atom is -0.478 e. The molecule has 1 aliphatic carbocycles. The molecule has 6 rings (SSSR count). The van der Waals surface area contributed by atoms with E-state index in [1.54, 1.807) is 18.2 Å². The SMILES string of the molecule is O=C(O)c1ccc2c([C@H]3CCCC[C@@H]3F)c3n(c2c1)CCN(CCN1CCCC1)Cc1cc(F)ccc1-3. The summed E-state index contributed by atoms with van der Waals surface area (Å²) in [6.07, 6.45) is 4.75. The first kappa shape index (κ1) is 24.6. The third-order valence-electron chi connectivity index (χ3n) is 8.69. The van der Waals surface area contributed by atoms with Crippen molar-refractivity contribution < 1.29 is 18.7 Å². The molecule has 2 aliphatic heterocycles. The Bertz CT molecular complexity index is 1310. The molecule has 0 bridgehead atoms. The average molecular weight is 508 g/mol.